The number of carbonyl (C=O) groups is 1. The van der Waals surface area contributed by atoms with Gasteiger partial charge in [-0.2, -0.15) is 0 Å². The van der Waals surface area contributed by atoms with Gasteiger partial charge in [-0.15, -0.1) is 0 Å². The van der Waals surface area contributed by atoms with Crippen LogP contribution in [0.4, 0.5) is 0 Å². The highest BCUT2D eigenvalue weighted by Gasteiger charge is 2.13. The molecule has 21 heavy (non-hydrogen) atoms. The summed E-state index contributed by atoms with van der Waals surface area (Å²) in [7, 11) is 0. The summed E-state index contributed by atoms with van der Waals surface area (Å²) in [6.45, 7) is 7.58. The van der Waals surface area contributed by atoms with E-state index in [1.807, 2.05) is 30.3 Å². The summed E-state index contributed by atoms with van der Waals surface area (Å²) in [6.07, 6.45) is 0. The summed E-state index contributed by atoms with van der Waals surface area (Å²) in [5.74, 6) is 0.0349. The van der Waals surface area contributed by atoms with E-state index in [1.54, 1.807) is 0 Å². The van der Waals surface area contributed by atoms with Crippen molar-refractivity contribution in [3.8, 4) is 0 Å². The Balaban J connectivity index is 1.59. The van der Waals surface area contributed by atoms with Gasteiger partial charge in [-0.1, -0.05) is 30.3 Å². The maximum atomic E-state index is 11.8. The lowest BCUT2D eigenvalue weighted by Gasteiger charge is -2.29. The molecule has 1 unspecified atom stereocenters. The van der Waals surface area contributed by atoms with Crippen LogP contribution < -0.4 is 10.6 Å². The normalized spacial score (nSPS) is 17.4. The van der Waals surface area contributed by atoms with Crippen LogP contribution in [0.15, 0.2) is 30.3 Å². The molecule has 0 spiro atoms. The minimum atomic E-state index is 0.0349. The van der Waals surface area contributed by atoms with Crippen LogP contribution in [0, 0.1) is 0 Å². The quantitative estimate of drug-likeness (QED) is 0.773. The Morgan fingerprint density at radius 3 is 2.71 bits per heavy atom. The Morgan fingerprint density at radius 1 is 1.29 bits per heavy atom. The molecule has 1 atom stereocenters. The summed E-state index contributed by atoms with van der Waals surface area (Å²) in [6, 6.07) is 10.2. The minimum Gasteiger partial charge on any atom is -0.379 e. The van der Waals surface area contributed by atoms with Crippen LogP contribution in [0.2, 0.25) is 0 Å². The first-order valence-corrected chi connectivity index (χ1v) is 7.58. The van der Waals surface area contributed by atoms with Gasteiger partial charge in [-0.05, 0) is 12.5 Å². The summed E-state index contributed by atoms with van der Waals surface area (Å²) in [5, 5.41) is 6.19. The SMILES string of the molecule is CC(CN1CCOCC1)NCC(=O)NCc1ccccc1. The number of nitrogens with one attached hydrogen (secondary N) is 2. The average molecular weight is 291 g/mol. The third-order valence-corrected chi connectivity index (χ3v) is 3.58. The van der Waals surface area contributed by atoms with E-state index in [1.165, 1.54) is 0 Å². The smallest absolute Gasteiger partial charge is 0.234 e. The van der Waals surface area contributed by atoms with Crippen molar-refractivity contribution >= 4 is 5.91 Å². The van der Waals surface area contributed by atoms with Gasteiger partial charge in [0.2, 0.25) is 5.91 Å². The number of hydrogen-bond donors (Lipinski definition) is 2. The predicted molar refractivity (Wildman–Crippen MR) is 83.0 cm³/mol. The number of amides is 1. The summed E-state index contributed by atoms with van der Waals surface area (Å²) in [4.78, 5) is 14.2. The van der Waals surface area contributed by atoms with Crippen LogP contribution in [-0.4, -0.2) is 56.2 Å². The molecule has 0 radical (unpaired) electrons. The largest absolute Gasteiger partial charge is 0.379 e. The monoisotopic (exact) mass is 291 g/mol. The Labute approximate surface area is 126 Å². The van der Waals surface area contributed by atoms with E-state index in [2.05, 4.69) is 22.5 Å². The van der Waals surface area contributed by atoms with E-state index in [-0.39, 0.29) is 5.91 Å². The van der Waals surface area contributed by atoms with Crippen molar-refractivity contribution < 1.29 is 9.53 Å². The van der Waals surface area contributed by atoms with E-state index >= 15 is 0 Å². The molecular weight excluding hydrogens is 266 g/mol. The molecule has 0 aliphatic carbocycles. The summed E-state index contributed by atoms with van der Waals surface area (Å²) in [5.41, 5.74) is 1.12. The molecule has 116 valence electrons. The molecule has 0 bridgehead atoms. The van der Waals surface area contributed by atoms with E-state index < -0.39 is 0 Å². The van der Waals surface area contributed by atoms with Crippen molar-refractivity contribution in [1.29, 1.82) is 0 Å². The number of ether oxygens (including phenoxy) is 1. The molecule has 2 N–H and O–H groups in total. The van der Waals surface area contributed by atoms with Crippen molar-refractivity contribution in [1.82, 2.24) is 15.5 Å². The van der Waals surface area contributed by atoms with Gasteiger partial charge in [-0.25, -0.2) is 0 Å². The average Bonchev–Trinajstić information content (AvgIpc) is 2.53. The highest BCUT2D eigenvalue weighted by molar-refractivity contribution is 5.78. The molecule has 0 saturated carbocycles. The van der Waals surface area contributed by atoms with Gasteiger partial charge in [-0.3, -0.25) is 9.69 Å². The molecule has 2 rings (SSSR count). The second-order valence-corrected chi connectivity index (χ2v) is 5.46. The highest BCUT2D eigenvalue weighted by atomic mass is 16.5. The fourth-order valence-electron chi connectivity index (χ4n) is 2.36. The molecule has 1 fully saturated rings. The lowest BCUT2D eigenvalue weighted by molar-refractivity contribution is -0.120. The fourth-order valence-corrected chi connectivity index (χ4v) is 2.36. The lowest BCUT2D eigenvalue weighted by Crippen LogP contribution is -2.46. The van der Waals surface area contributed by atoms with Crippen LogP contribution in [0.3, 0.4) is 0 Å². The van der Waals surface area contributed by atoms with Crippen LogP contribution in [0.5, 0.6) is 0 Å². The Hall–Kier alpha value is -1.43. The van der Waals surface area contributed by atoms with Gasteiger partial charge < -0.3 is 15.4 Å². The Morgan fingerprint density at radius 2 is 2.00 bits per heavy atom. The third kappa shape index (κ3) is 6.25. The van der Waals surface area contributed by atoms with Crippen molar-refractivity contribution in [3.63, 3.8) is 0 Å². The Kier molecular flexibility index (Phi) is 6.66. The Bertz CT molecular complexity index is 419. The first-order valence-electron chi connectivity index (χ1n) is 7.58. The molecule has 1 aliphatic rings. The lowest BCUT2D eigenvalue weighted by atomic mass is 10.2. The van der Waals surface area contributed by atoms with Crippen molar-refractivity contribution in [2.45, 2.75) is 19.5 Å². The highest BCUT2D eigenvalue weighted by Crippen LogP contribution is 1.99. The first kappa shape index (κ1) is 15.9. The van der Waals surface area contributed by atoms with Gasteiger partial charge in [0.05, 0.1) is 19.8 Å². The molecule has 1 amide bonds. The van der Waals surface area contributed by atoms with Gasteiger partial charge in [0.15, 0.2) is 0 Å². The van der Waals surface area contributed by atoms with Gasteiger partial charge in [0.1, 0.15) is 0 Å². The molecular formula is C16H25N3O2. The molecule has 1 aromatic carbocycles. The zero-order valence-corrected chi connectivity index (χ0v) is 12.7. The maximum absolute atomic E-state index is 11.8. The third-order valence-electron chi connectivity index (χ3n) is 3.58. The van der Waals surface area contributed by atoms with Crippen LogP contribution in [-0.2, 0) is 16.1 Å². The molecule has 5 heteroatoms. The van der Waals surface area contributed by atoms with E-state index in [4.69, 9.17) is 4.74 Å². The number of rotatable bonds is 7. The number of carbonyl (C=O) groups excluding carboxylic acids is 1. The van der Waals surface area contributed by atoms with Crippen molar-refractivity contribution in [3.05, 3.63) is 35.9 Å². The topological polar surface area (TPSA) is 53.6 Å². The van der Waals surface area contributed by atoms with E-state index in [9.17, 15) is 4.79 Å². The number of benzene rings is 1. The van der Waals surface area contributed by atoms with Crippen LogP contribution >= 0.6 is 0 Å². The summed E-state index contributed by atoms with van der Waals surface area (Å²) >= 11 is 0. The van der Waals surface area contributed by atoms with Gasteiger partial charge in [0, 0.05) is 32.2 Å². The standard InChI is InChI=1S/C16H25N3O2/c1-14(13-19-7-9-21-10-8-19)17-12-16(20)18-11-15-5-3-2-4-6-15/h2-6,14,17H,7-13H2,1H3,(H,18,20). The zero-order valence-electron chi connectivity index (χ0n) is 12.7. The predicted octanol–water partition coefficient (Wildman–Crippen LogP) is 0.613. The number of nitrogens with zero attached hydrogens (tertiary/aromatic N) is 1. The first-order chi connectivity index (χ1) is 10.2. The summed E-state index contributed by atoms with van der Waals surface area (Å²) < 4.78 is 5.33. The fraction of sp³-hybridized carbons (Fsp3) is 0.562. The number of morpholine rings is 1. The van der Waals surface area contributed by atoms with Crippen molar-refractivity contribution in [2.24, 2.45) is 0 Å². The van der Waals surface area contributed by atoms with Gasteiger partial charge >= 0.3 is 0 Å². The van der Waals surface area contributed by atoms with Gasteiger partial charge in [0.25, 0.3) is 0 Å². The van der Waals surface area contributed by atoms with E-state index in [0.29, 0.717) is 19.1 Å². The van der Waals surface area contributed by atoms with Crippen LogP contribution in [0.1, 0.15) is 12.5 Å². The second-order valence-electron chi connectivity index (χ2n) is 5.46. The number of hydrogen-bond acceptors (Lipinski definition) is 4. The molecule has 1 aromatic rings. The molecule has 5 nitrogen and oxygen atoms in total. The molecule has 1 aliphatic heterocycles. The maximum Gasteiger partial charge on any atom is 0.234 e. The molecule has 1 saturated heterocycles. The minimum absolute atomic E-state index is 0.0349. The second kappa shape index (κ2) is 8.77. The molecule has 1 heterocycles. The molecule has 0 aromatic heterocycles. The van der Waals surface area contributed by atoms with Crippen molar-refractivity contribution in [2.75, 3.05) is 39.4 Å². The van der Waals surface area contributed by atoms with E-state index in [0.717, 1.165) is 38.4 Å². The zero-order chi connectivity index (χ0) is 14.9. The van der Waals surface area contributed by atoms with Crippen LogP contribution in [0.25, 0.3) is 0 Å².